The third-order valence-corrected chi connectivity index (χ3v) is 1.80. The van der Waals surface area contributed by atoms with Gasteiger partial charge in [0, 0.05) is 6.42 Å². The lowest BCUT2D eigenvalue weighted by atomic mass is 10.1. The molecule has 0 aliphatic heterocycles. The molecule has 0 aromatic heterocycles. The SMILES string of the molecule is NC(=S)Cc1ccc(C(F)(F)F)cc1. The first-order chi connectivity index (χ1) is 6.39. The van der Waals surface area contributed by atoms with Gasteiger partial charge in [0.1, 0.15) is 0 Å². The second kappa shape index (κ2) is 3.96. The normalized spacial score (nSPS) is 11.4. The molecule has 1 nitrogen and oxygen atoms in total. The predicted octanol–water partition coefficient (Wildman–Crippen LogP) is 2.53. The molecule has 76 valence electrons. The largest absolute Gasteiger partial charge is 0.416 e. The van der Waals surface area contributed by atoms with Crippen molar-refractivity contribution in [3.05, 3.63) is 35.4 Å². The molecule has 0 fully saturated rings. The minimum Gasteiger partial charge on any atom is -0.393 e. The molecule has 0 saturated carbocycles. The fourth-order valence-corrected chi connectivity index (χ4v) is 1.18. The van der Waals surface area contributed by atoms with Gasteiger partial charge in [-0.3, -0.25) is 0 Å². The Labute approximate surface area is 84.7 Å². The average Bonchev–Trinajstić information content (AvgIpc) is 2.02. The van der Waals surface area contributed by atoms with E-state index in [1.54, 1.807) is 0 Å². The van der Waals surface area contributed by atoms with Crippen molar-refractivity contribution in [3.63, 3.8) is 0 Å². The number of benzene rings is 1. The molecule has 0 saturated heterocycles. The first-order valence-corrected chi connectivity index (χ1v) is 4.25. The molecule has 0 unspecified atom stereocenters. The van der Waals surface area contributed by atoms with Crippen molar-refractivity contribution in [1.82, 2.24) is 0 Å². The maximum atomic E-state index is 12.1. The molecule has 2 N–H and O–H groups in total. The predicted molar refractivity (Wildman–Crippen MR) is 51.9 cm³/mol. The van der Waals surface area contributed by atoms with Crippen molar-refractivity contribution in [2.75, 3.05) is 0 Å². The monoisotopic (exact) mass is 219 g/mol. The lowest BCUT2D eigenvalue weighted by Crippen LogP contribution is -2.11. The highest BCUT2D eigenvalue weighted by atomic mass is 32.1. The highest BCUT2D eigenvalue weighted by molar-refractivity contribution is 7.80. The molecule has 0 radical (unpaired) electrons. The molecule has 5 heteroatoms. The molecule has 0 bridgehead atoms. The molecule has 0 amide bonds. The standard InChI is InChI=1S/C9H8F3NS/c10-9(11,12)7-3-1-6(2-4-7)5-8(13)14/h1-4H,5H2,(H2,13,14). The number of hydrogen-bond donors (Lipinski definition) is 1. The summed E-state index contributed by atoms with van der Waals surface area (Å²) in [5, 5.41) is 0. The number of hydrogen-bond acceptors (Lipinski definition) is 1. The van der Waals surface area contributed by atoms with Crippen molar-refractivity contribution < 1.29 is 13.2 Å². The summed E-state index contributed by atoms with van der Waals surface area (Å²) in [4.78, 5) is 0.268. The van der Waals surface area contributed by atoms with Crippen LogP contribution in [0.1, 0.15) is 11.1 Å². The zero-order chi connectivity index (χ0) is 10.8. The third-order valence-electron chi connectivity index (χ3n) is 1.66. The smallest absolute Gasteiger partial charge is 0.393 e. The van der Waals surface area contributed by atoms with Crippen molar-refractivity contribution >= 4 is 17.2 Å². The first kappa shape index (κ1) is 11.0. The van der Waals surface area contributed by atoms with E-state index in [2.05, 4.69) is 12.2 Å². The molecule has 14 heavy (non-hydrogen) atoms. The number of rotatable bonds is 2. The Morgan fingerprint density at radius 1 is 1.21 bits per heavy atom. The van der Waals surface area contributed by atoms with E-state index in [1.807, 2.05) is 0 Å². The minimum atomic E-state index is -4.29. The van der Waals surface area contributed by atoms with Crippen molar-refractivity contribution in [3.8, 4) is 0 Å². The number of nitrogens with two attached hydrogens (primary N) is 1. The molecule has 0 aliphatic rings. The van der Waals surface area contributed by atoms with Gasteiger partial charge < -0.3 is 5.73 Å². The maximum absolute atomic E-state index is 12.1. The summed E-state index contributed by atoms with van der Waals surface area (Å²) in [6.07, 6.45) is -3.96. The van der Waals surface area contributed by atoms with E-state index in [-0.39, 0.29) is 4.99 Å². The molecule has 0 spiro atoms. The van der Waals surface area contributed by atoms with Gasteiger partial charge in [0.05, 0.1) is 10.6 Å². The summed E-state index contributed by atoms with van der Waals surface area (Å²) in [5.41, 5.74) is 5.28. The number of halogens is 3. The van der Waals surface area contributed by atoms with Crippen molar-refractivity contribution in [1.29, 1.82) is 0 Å². The zero-order valence-corrected chi connectivity index (χ0v) is 7.95. The van der Waals surface area contributed by atoms with E-state index in [0.717, 1.165) is 12.1 Å². The third kappa shape index (κ3) is 2.99. The lowest BCUT2D eigenvalue weighted by Gasteiger charge is -2.06. The Kier molecular flexibility index (Phi) is 3.10. The topological polar surface area (TPSA) is 26.0 Å². The average molecular weight is 219 g/mol. The van der Waals surface area contributed by atoms with Gasteiger partial charge in [0.2, 0.25) is 0 Å². The van der Waals surface area contributed by atoms with Crippen molar-refractivity contribution in [2.24, 2.45) is 5.73 Å². The highest BCUT2D eigenvalue weighted by Crippen LogP contribution is 2.29. The van der Waals surface area contributed by atoms with E-state index in [4.69, 9.17) is 5.73 Å². The summed E-state index contributed by atoms with van der Waals surface area (Å²) in [5.74, 6) is 0. The van der Waals surface area contributed by atoms with Crippen LogP contribution in [-0.4, -0.2) is 4.99 Å². The van der Waals surface area contributed by atoms with Gasteiger partial charge in [0.25, 0.3) is 0 Å². The van der Waals surface area contributed by atoms with Crippen LogP contribution in [0.15, 0.2) is 24.3 Å². The zero-order valence-electron chi connectivity index (χ0n) is 7.14. The Bertz CT molecular complexity index is 329. The van der Waals surface area contributed by atoms with E-state index in [0.29, 0.717) is 12.0 Å². The van der Waals surface area contributed by atoms with E-state index in [1.165, 1.54) is 12.1 Å². The van der Waals surface area contributed by atoms with Gasteiger partial charge in [-0.1, -0.05) is 24.4 Å². The molecule has 1 aromatic carbocycles. The second-order valence-corrected chi connectivity index (χ2v) is 3.36. The molecular formula is C9H8F3NS. The summed E-state index contributed by atoms with van der Waals surface area (Å²) >= 11 is 4.64. The summed E-state index contributed by atoms with van der Waals surface area (Å²) in [7, 11) is 0. The molecule has 1 rings (SSSR count). The Morgan fingerprint density at radius 2 is 1.71 bits per heavy atom. The first-order valence-electron chi connectivity index (χ1n) is 3.84. The molecule has 0 atom stereocenters. The second-order valence-electron chi connectivity index (χ2n) is 2.84. The molecular weight excluding hydrogens is 211 g/mol. The van der Waals surface area contributed by atoms with Crippen LogP contribution < -0.4 is 5.73 Å². The van der Waals surface area contributed by atoms with E-state index >= 15 is 0 Å². The van der Waals surface area contributed by atoms with Crippen LogP contribution in [0, 0.1) is 0 Å². The minimum absolute atomic E-state index is 0.268. The fraction of sp³-hybridized carbons (Fsp3) is 0.222. The van der Waals surface area contributed by atoms with Crippen LogP contribution in [0.25, 0.3) is 0 Å². The number of alkyl halides is 3. The Morgan fingerprint density at radius 3 is 2.07 bits per heavy atom. The van der Waals surface area contributed by atoms with Crippen LogP contribution >= 0.6 is 12.2 Å². The van der Waals surface area contributed by atoms with Gasteiger partial charge in [-0.2, -0.15) is 13.2 Å². The molecule has 0 heterocycles. The van der Waals surface area contributed by atoms with Gasteiger partial charge in [-0.15, -0.1) is 0 Å². The quantitative estimate of drug-likeness (QED) is 0.773. The fourth-order valence-electron chi connectivity index (χ4n) is 1.01. The summed E-state index contributed by atoms with van der Waals surface area (Å²) < 4.78 is 36.4. The summed E-state index contributed by atoms with van der Waals surface area (Å²) in [6, 6.07) is 4.80. The van der Waals surface area contributed by atoms with Crippen LogP contribution in [-0.2, 0) is 12.6 Å². The van der Waals surface area contributed by atoms with Gasteiger partial charge >= 0.3 is 6.18 Å². The number of thiocarbonyl (C=S) groups is 1. The lowest BCUT2D eigenvalue weighted by molar-refractivity contribution is -0.137. The van der Waals surface area contributed by atoms with Crippen LogP contribution in [0.3, 0.4) is 0 Å². The van der Waals surface area contributed by atoms with Gasteiger partial charge in [-0.25, -0.2) is 0 Å². The summed E-state index contributed by atoms with van der Waals surface area (Å²) in [6.45, 7) is 0. The van der Waals surface area contributed by atoms with Gasteiger partial charge in [-0.05, 0) is 17.7 Å². The Hall–Kier alpha value is -1.10. The maximum Gasteiger partial charge on any atom is 0.416 e. The van der Waals surface area contributed by atoms with Crippen LogP contribution in [0.4, 0.5) is 13.2 Å². The van der Waals surface area contributed by atoms with E-state index in [9.17, 15) is 13.2 Å². The van der Waals surface area contributed by atoms with Gasteiger partial charge in [0.15, 0.2) is 0 Å². The molecule has 0 aliphatic carbocycles. The highest BCUT2D eigenvalue weighted by Gasteiger charge is 2.29. The van der Waals surface area contributed by atoms with Crippen LogP contribution in [0.5, 0.6) is 0 Å². The molecule has 1 aromatic rings. The van der Waals surface area contributed by atoms with Crippen LogP contribution in [0.2, 0.25) is 0 Å². The Balaban J connectivity index is 2.84. The van der Waals surface area contributed by atoms with Crippen molar-refractivity contribution in [2.45, 2.75) is 12.6 Å². The van der Waals surface area contributed by atoms with E-state index < -0.39 is 11.7 Å².